The van der Waals surface area contributed by atoms with Crippen molar-refractivity contribution in [3.8, 4) is 0 Å². The smallest absolute Gasteiger partial charge is 0.268 e. The summed E-state index contributed by atoms with van der Waals surface area (Å²) in [6, 6.07) is 13.3. The van der Waals surface area contributed by atoms with Crippen LogP contribution in [0.4, 0.5) is 20.2 Å². The second-order valence-corrected chi connectivity index (χ2v) is 16.4. The molecule has 4 heterocycles. The highest BCUT2D eigenvalue weighted by Crippen LogP contribution is 2.33. The number of fused-ring (bicyclic) bond motifs is 2. The van der Waals surface area contributed by atoms with Crippen molar-refractivity contribution in [2.24, 2.45) is 0 Å². The van der Waals surface area contributed by atoms with Crippen LogP contribution < -0.4 is 26.2 Å². The van der Waals surface area contributed by atoms with Gasteiger partial charge in [-0.25, -0.2) is 8.78 Å². The van der Waals surface area contributed by atoms with Crippen LogP contribution in [0.15, 0.2) is 60.7 Å². The molecule has 3 aliphatic heterocycles. The molecule has 1 aromatic heterocycles. The Morgan fingerprint density at radius 1 is 0.779 bits per heavy atom. The summed E-state index contributed by atoms with van der Waals surface area (Å²) >= 11 is 0. The first-order chi connectivity index (χ1) is 32.8. The van der Waals surface area contributed by atoms with Crippen LogP contribution in [0, 0.1) is 11.6 Å². The first-order valence-electron chi connectivity index (χ1n) is 22.4. The maximum Gasteiger partial charge on any atom is 0.268 e. The highest BCUT2D eigenvalue weighted by molar-refractivity contribution is 6.25. The third kappa shape index (κ3) is 11.9. The van der Waals surface area contributed by atoms with Crippen molar-refractivity contribution in [3.63, 3.8) is 0 Å². The minimum Gasteiger partial charge on any atom is -0.384 e. The zero-order valence-electron chi connectivity index (χ0n) is 37.2. The van der Waals surface area contributed by atoms with Gasteiger partial charge < -0.3 is 49.9 Å². The molecule has 0 bridgehead atoms. The number of H-pyrrole nitrogens is 1. The Morgan fingerprint density at radius 3 is 2.21 bits per heavy atom. The number of hydrogen-bond donors (Lipinski definition) is 6. The summed E-state index contributed by atoms with van der Waals surface area (Å²) in [4.78, 5) is 94.3. The molecule has 68 heavy (non-hydrogen) atoms. The Kier molecular flexibility index (Phi) is 16.6. The average Bonchev–Trinajstić information content (AvgIpc) is 3.96. The molecule has 0 aliphatic carbocycles. The number of piperidine rings is 1. The molecule has 3 aromatic carbocycles. The van der Waals surface area contributed by atoms with Crippen LogP contribution in [-0.4, -0.2) is 140 Å². The lowest BCUT2D eigenvalue weighted by Gasteiger charge is -2.27. The molecule has 2 unspecified atom stereocenters. The van der Waals surface area contributed by atoms with Gasteiger partial charge in [0.1, 0.15) is 23.4 Å². The molecular weight excluding hydrogens is 893 g/mol. The molecule has 3 aliphatic rings. The van der Waals surface area contributed by atoms with Gasteiger partial charge in [0, 0.05) is 74.0 Å². The van der Waals surface area contributed by atoms with Gasteiger partial charge in [-0.1, -0.05) is 6.07 Å². The quantitative estimate of drug-likeness (QED) is 0.0318. The molecule has 2 saturated heterocycles. The number of hydrogen-bond acceptors (Lipinski definition) is 13. The highest BCUT2D eigenvalue weighted by atomic mass is 19.1. The minimum atomic E-state index is -2.37. The van der Waals surface area contributed by atoms with Gasteiger partial charge >= 0.3 is 0 Å². The molecule has 2 atom stereocenters. The zero-order valence-corrected chi connectivity index (χ0v) is 37.2. The highest BCUT2D eigenvalue weighted by Gasteiger charge is 2.52. The van der Waals surface area contributed by atoms with E-state index in [0.29, 0.717) is 81.1 Å². The van der Waals surface area contributed by atoms with Crippen molar-refractivity contribution in [1.29, 1.82) is 0 Å². The van der Waals surface area contributed by atoms with E-state index in [-0.39, 0.29) is 73.8 Å². The van der Waals surface area contributed by atoms with Crippen molar-refractivity contribution >= 4 is 63.6 Å². The van der Waals surface area contributed by atoms with Crippen LogP contribution in [0.5, 0.6) is 0 Å². The fourth-order valence-corrected chi connectivity index (χ4v) is 8.10. The van der Waals surface area contributed by atoms with Gasteiger partial charge in [0.05, 0.1) is 57.4 Å². The molecule has 362 valence electrons. The van der Waals surface area contributed by atoms with Crippen molar-refractivity contribution in [2.75, 3.05) is 82.7 Å². The summed E-state index contributed by atoms with van der Waals surface area (Å²) in [6.45, 7) is 3.63. The van der Waals surface area contributed by atoms with Gasteiger partial charge in [-0.3, -0.25) is 43.8 Å². The molecule has 7 rings (SSSR count). The van der Waals surface area contributed by atoms with Crippen molar-refractivity contribution in [3.05, 3.63) is 94.7 Å². The molecule has 21 heteroatoms. The van der Waals surface area contributed by atoms with E-state index in [1.807, 2.05) is 0 Å². The van der Waals surface area contributed by atoms with E-state index in [1.54, 1.807) is 42.5 Å². The van der Waals surface area contributed by atoms with E-state index in [9.17, 15) is 47.4 Å². The Labute approximate surface area is 389 Å². The molecule has 4 aromatic rings. The van der Waals surface area contributed by atoms with Gasteiger partial charge in [-0.05, 0) is 79.8 Å². The van der Waals surface area contributed by atoms with Crippen LogP contribution in [-0.2, 0) is 44.7 Å². The molecule has 0 radical (unpaired) electrons. The van der Waals surface area contributed by atoms with Crippen LogP contribution >= 0.6 is 0 Å². The monoisotopic (exact) mass is 945 g/mol. The van der Waals surface area contributed by atoms with Crippen molar-refractivity contribution in [1.82, 2.24) is 25.8 Å². The third-order valence-corrected chi connectivity index (χ3v) is 11.6. The Bertz CT molecular complexity index is 2520. The molecule has 0 spiro atoms. The fraction of sp³-hybridized carbons (Fsp3) is 0.426. The lowest BCUT2D eigenvalue weighted by atomic mass is 10.0. The van der Waals surface area contributed by atoms with Gasteiger partial charge in [0.25, 0.3) is 29.5 Å². The summed E-state index contributed by atoms with van der Waals surface area (Å²) < 4.78 is 49.4. The fourth-order valence-electron chi connectivity index (χ4n) is 8.10. The van der Waals surface area contributed by atoms with Gasteiger partial charge in [-0.2, -0.15) is 0 Å². The summed E-state index contributed by atoms with van der Waals surface area (Å²) in [5.74, 6) is -5.99. The van der Waals surface area contributed by atoms with Crippen molar-refractivity contribution < 1.29 is 66.4 Å². The molecule has 7 amide bonds. The van der Waals surface area contributed by atoms with E-state index >= 15 is 0 Å². The summed E-state index contributed by atoms with van der Waals surface area (Å²) in [6.07, 6.45) is 2.45. The number of aromatic amines is 1. The SMILES string of the molecule is O=C1CCC(N2C(=O)c3cccc(NCCCCCOCCOCCOCCOCCNC(=O)c4cc5cc(N6CCC(O)(C(=O)NCc7cc(F)cc(F)c7)C6=O)ccc5[nH]4)c3C2=O)C(=O)N1. The topological polar surface area (TPSA) is 247 Å². The lowest BCUT2D eigenvalue weighted by molar-refractivity contribution is -0.149. The number of rotatable bonds is 25. The predicted octanol–water partition coefficient (Wildman–Crippen LogP) is 2.71. The normalized spacial score (nSPS) is 18.1. The lowest BCUT2D eigenvalue weighted by Crippen LogP contribution is -2.54. The van der Waals surface area contributed by atoms with E-state index in [0.717, 1.165) is 36.3 Å². The average molecular weight is 946 g/mol. The van der Waals surface area contributed by atoms with Crippen LogP contribution in [0.2, 0.25) is 0 Å². The Hall–Kier alpha value is -6.65. The van der Waals surface area contributed by atoms with E-state index in [1.165, 1.54) is 4.90 Å². The zero-order chi connectivity index (χ0) is 48.2. The number of halogens is 2. The first kappa shape index (κ1) is 49.3. The number of anilines is 2. The first-order valence-corrected chi connectivity index (χ1v) is 22.4. The number of nitrogens with one attached hydrogen (secondary N) is 5. The largest absolute Gasteiger partial charge is 0.384 e. The second-order valence-electron chi connectivity index (χ2n) is 16.4. The number of aromatic nitrogens is 1. The number of imide groups is 2. The van der Waals surface area contributed by atoms with E-state index in [4.69, 9.17) is 18.9 Å². The third-order valence-electron chi connectivity index (χ3n) is 11.6. The number of nitrogens with zero attached hydrogens (tertiary/aromatic N) is 2. The predicted molar refractivity (Wildman–Crippen MR) is 239 cm³/mol. The van der Waals surface area contributed by atoms with Gasteiger partial charge in [0.15, 0.2) is 0 Å². The van der Waals surface area contributed by atoms with Crippen LogP contribution in [0.1, 0.15) is 75.3 Å². The number of amides is 7. The van der Waals surface area contributed by atoms with Crippen LogP contribution in [0.3, 0.4) is 0 Å². The van der Waals surface area contributed by atoms with Crippen molar-refractivity contribution in [2.45, 2.75) is 56.7 Å². The second kappa shape index (κ2) is 22.9. The number of aliphatic hydroxyl groups is 1. The molecule has 2 fully saturated rings. The summed E-state index contributed by atoms with van der Waals surface area (Å²) in [7, 11) is 0. The van der Waals surface area contributed by atoms with Gasteiger partial charge in [-0.15, -0.1) is 0 Å². The maximum atomic E-state index is 13.5. The Balaban J connectivity index is 0.683. The van der Waals surface area contributed by atoms with E-state index < -0.39 is 58.7 Å². The molecule has 6 N–H and O–H groups in total. The summed E-state index contributed by atoms with van der Waals surface area (Å²) in [5, 5.41) is 22.2. The number of carbonyl (C=O) groups excluding carboxylic acids is 7. The minimum absolute atomic E-state index is 0.0387. The molecule has 19 nitrogen and oxygen atoms in total. The number of carbonyl (C=O) groups is 7. The number of ether oxygens (including phenoxy) is 4. The molecule has 0 saturated carbocycles. The maximum absolute atomic E-state index is 13.5. The number of unbranched alkanes of at least 4 members (excludes halogenated alkanes) is 2. The van der Waals surface area contributed by atoms with Crippen LogP contribution in [0.25, 0.3) is 10.9 Å². The summed E-state index contributed by atoms with van der Waals surface area (Å²) in [5.41, 5.74) is 0.0823. The van der Waals surface area contributed by atoms with E-state index in [2.05, 4.69) is 26.3 Å². The van der Waals surface area contributed by atoms with Gasteiger partial charge in [0.2, 0.25) is 17.4 Å². The molecular formula is C47H53F2N7O12. The number of benzene rings is 3. The standard InChI is InChI=1S/C47H53F2N7O12/c48-31-23-29(24-32(49)27-31)28-52-45(62)47(64)11-14-55(46(47)63)33-7-8-35-30(25-33)26-37(53-35)41(58)51-13-16-66-18-20-68-22-21-67-19-17-65-15-3-1-2-12-50-36-6-4-5-34-40(36)44(61)56(43(34)60)38-9-10-39(57)54-42(38)59/h4-8,23-27,38,50,53,64H,1-3,9-22,28H2,(H,51,58)(H,52,62)(H,54,57,59). The Morgan fingerprint density at radius 2 is 1.49 bits per heavy atom.